The van der Waals surface area contributed by atoms with Crippen LogP contribution in [0.1, 0.15) is 26.3 Å². The van der Waals surface area contributed by atoms with Gasteiger partial charge in [0, 0.05) is 0 Å². The van der Waals surface area contributed by atoms with Gasteiger partial charge in [-0.3, -0.25) is 0 Å². The lowest BCUT2D eigenvalue weighted by Gasteiger charge is -2.19. The van der Waals surface area contributed by atoms with E-state index in [1.807, 2.05) is 18.2 Å². The van der Waals surface area contributed by atoms with E-state index in [4.69, 9.17) is 7.85 Å². The molecule has 62 valence electrons. The van der Waals surface area contributed by atoms with Crippen LogP contribution in [0.3, 0.4) is 0 Å². The summed E-state index contributed by atoms with van der Waals surface area (Å²) in [5.74, 6) is 0. The van der Waals surface area contributed by atoms with Crippen LogP contribution in [0.5, 0.6) is 0 Å². The molecule has 0 spiro atoms. The molecule has 1 aromatic rings. The first-order chi connectivity index (χ1) is 5.49. The summed E-state index contributed by atoms with van der Waals surface area (Å²) in [6.07, 6.45) is 1.04. The summed E-state index contributed by atoms with van der Waals surface area (Å²) in [4.78, 5) is 0. The maximum Gasteiger partial charge on any atom is 0.114 e. The van der Waals surface area contributed by atoms with Gasteiger partial charge in [-0.2, -0.15) is 0 Å². The molecule has 1 aromatic carbocycles. The fourth-order valence-electron chi connectivity index (χ4n) is 1.27. The Morgan fingerprint density at radius 1 is 1.17 bits per heavy atom. The van der Waals surface area contributed by atoms with Gasteiger partial charge >= 0.3 is 0 Å². The Kier molecular flexibility index (Phi) is 2.61. The van der Waals surface area contributed by atoms with E-state index in [0.29, 0.717) is 5.41 Å². The third-order valence-corrected chi connectivity index (χ3v) is 1.78. The first-order valence-corrected chi connectivity index (χ1v) is 4.32. The van der Waals surface area contributed by atoms with Gasteiger partial charge in [0.2, 0.25) is 0 Å². The summed E-state index contributed by atoms with van der Waals surface area (Å²) in [7, 11) is 5.83. The Bertz CT molecular complexity index is 258. The minimum Gasteiger partial charge on any atom is -0.0935 e. The molecule has 0 fully saturated rings. The number of benzene rings is 1. The fourth-order valence-corrected chi connectivity index (χ4v) is 1.27. The summed E-state index contributed by atoms with van der Waals surface area (Å²) in [6.45, 7) is 6.66. The molecule has 0 heterocycles. The van der Waals surface area contributed by atoms with Crippen LogP contribution in [-0.2, 0) is 6.42 Å². The molecule has 0 saturated heterocycles. The van der Waals surface area contributed by atoms with Gasteiger partial charge in [0.25, 0.3) is 0 Å². The van der Waals surface area contributed by atoms with Crippen LogP contribution in [0.2, 0.25) is 0 Å². The summed E-state index contributed by atoms with van der Waals surface area (Å²) in [5, 5.41) is 0. The molecular weight excluding hydrogens is 143 g/mol. The zero-order valence-electron chi connectivity index (χ0n) is 8.09. The second-order valence-electron chi connectivity index (χ2n) is 4.44. The van der Waals surface area contributed by atoms with E-state index >= 15 is 0 Å². The summed E-state index contributed by atoms with van der Waals surface area (Å²) >= 11 is 0. The predicted molar refractivity (Wildman–Crippen MR) is 55.0 cm³/mol. The number of rotatable bonds is 1. The lowest BCUT2D eigenvalue weighted by Crippen LogP contribution is -2.17. The molecule has 2 radical (unpaired) electrons. The van der Waals surface area contributed by atoms with E-state index in [0.717, 1.165) is 11.9 Å². The Hall–Kier alpha value is -0.715. The van der Waals surface area contributed by atoms with Crippen molar-refractivity contribution in [2.45, 2.75) is 27.2 Å². The van der Waals surface area contributed by atoms with E-state index in [2.05, 4.69) is 26.8 Å². The van der Waals surface area contributed by atoms with Crippen molar-refractivity contribution < 1.29 is 0 Å². The highest BCUT2D eigenvalue weighted by Crippen LogP contribution is 2.18. The average molecular weight is 158 g/mol. The van der Waals surface area contributed by atoms with Gasteiger partial charge in [0.05, 0.1) is 0 Å². The number of hydrogen-bond acceptors (Lipinski definition) is 0. The highest BCUT2D eigenvalue weighted by atomic mass is 14.2. The second kappa shape index (κ2) is 3.34. The first kappa shape index (κ1) is 9.37. The van der Waals surface area contributed by atoms with Crippen LogP contribution < -0.4 is 5.46 Å². The molecule has 0 bridgehead atoms. The predicted octanol–water partition coefficient (Wildman–Crippen LogP) is 2.07. The Morgan fingerprint density at radius 2 is 1.75 bits per heavy atom. The highest BCUT2D eigenvalue weighted by Gasteiger charge is 2.11. The molecule has 0 saturated carbocycles. The second-order valence-corrected chi connectivity index (χ2v) is 4.44. The van der Waals surface area contributed by atoms with Crippen molar-refractivity contribution in [1.29, 1.82) is 0 Å². The third-order valence-electron chi connectivity index (χ3n) is 1.78. The lowest BCUT2D eigenvalue weighted by atomic mass is 9.81. The van der Waals surface area contributed by atoms with Gasteiger partial charge < -0.3 is 0 Å². The molecule has 0 aliphatic heterocycles. The number of hydrogen-bond donors (Lipinski definition) is 0. The molecule has 0 atom stereocenters. The van der Waals surface area contributed by atoms with Crippen molar-refractivity contribution in [3.05, 3.63) is 29.8 Å². The zero-order chi connectivity index (χ0) is 9.19. The summed E-state index contributed by atoms with van der Waals surface area (Å²) < 4.78 is 0. The largest absolute Gasteiger partial charge is 0.114 e. The van der Waals surface area contributed by atoms with Crippen molar-refractivity contribution in [3.8, 4) is 0 Å². The minimum absolute atomic E-state index is 0.315. The molecule has 1 heteroatoms. The Labute approximate surface area is 76.4 Å². The van der Waals surface area contributed by atoms with Gasteiger partial charge in [-0.1, -0.05) is 56.1 Å². The van der Waals surface area contributed by atoms with Crippen molar-refractivity contribution >= 4 is 13.3 Å². The summed E-state index contributed by atoms with van der Waals surface area (Å²) in [6, 6.07) is 8.07. The van der Waals surface area contributed by atoms with Gasteiger partial charge in [-0.05, 0) is 11.8 Å². The average Bonchev–Trinajstić information content (AvgIpc) is 1.91. The molecule has 0 aliphatic carbocycles. The first-order valence-electron chi connectivity index (χ1n) is 4.32. The monoisotopic (exact) mass is 158 g/mol. The van der Waals surface area contributed by atoms with Gasteiger partial charge in [-0.25, -0.2) is 0 Å². The molecule has 0 N–H and O–H groups in total. The van der Waals surface area contributed by atoms with E-state index in [9.17, 15) is 0 Å². The van der Waals surface area contributed by atoms with Crippen LogP contribution in [-0.4, -0.2) is 7.85 Å². The maximum atomic E-state index is 5.83. The molecular formula is C11H15B. The van der Waals surface area contributed by atoms with Crippen molar-refractivity contribution in [2.75, 3.05) is 0 Å². The van der Waals surface area contributed by atoms with Gasteiger partial charge in [0.15, 0.2) is 0 Å². The van der Waals surface area contributed by atoms with Crippen molar-refractivity contribution in [3.63, 3.8) is 0 Å². The SMILES string of the molecule is [B]c1ccccc1CC(C)(C)C. The standard InChI is InChI=1S/C11H15B/c1-11(2,3)8-9-6-4-5-7-10(9)12/h4-7H,8H2,1-3H3. The van der Waals surface area contributed by atoms with Crippen LogP contribution in [0.4, 0.5) is 0 Å². The molecule has 0 amide bonds. The lowest BCUT2D eigenvalue weighted by molar-refractivity contribution is 0.412. The van der Waals surface area contributed by atoms with E-state index in [-0.39, 0.29) is 0 Å². The zero-order valence-corrected chi connectivity index (χ0v) is 8.09. The van der Waals surface area contributed by atoms with Crippen molar-refractivity contribution in [1.82, 2.24) is 0 Å². The molecule has 0 unspecified atom stereocenters. The molecule has 1 rings (SSSR count). The molecule has 12 heavy (non-hydrogen) atoms. The van der Waals surface area contributed by atoms with Crippen LogP contribution in [0.15, 0.2) is 24.3 Å². The van der Waals surface area contributed by atoms with Crippen LogP contribution in [0, 0.1) is 5.41 Å². The molecule has 0 nitrogen and oxygen atoms in total. The minimum atomic E-state index is 0.315. The highest BCUT2D eigenvalue weighted by molar-refractivity contribution is 6.33. The van der Waals surface area contributed by atoms with E-state index < -0.39 is 0 Å². The Balaban J connectivity index is 2.83. The van der Waals surface area contributed by atoms with E-state index in [1.54, 1.807) is 0 Å². The maximum absolute atomic E-state index is 5.83. The normalized spacial score (nSPS) is 11.6. The van der Waals surface area contributed by atoms with Crippen LogP contribution >= 0.6 is 0 Å². The third kappa shape index (κ3) is 2.73. The molecule has 0 aromatic heterocycles. The quantitative estimate of drug-likeness (QED) is 0.549. The smallest absolute Gasteiger partial charge is 0.0935 e. The van der Waals surface area contributed by atoms with Crippen LogP contribution in [0.25, 0.3) is 0 Å². The topological polar surface area (TPSA) is 0 Å². The molecule has 0 aliphatic rings. The Morgan fingerprint density at radius 3 is 2.25 bits per heavy atom. The van der Waals surface area contributed by atoms with Gasteiger partial charge in [-0.15, -0.1) is 0 Å². The van der Waals surface area contributed by atoms with Crippen molar-refractivity contribution in [2.24, 2.45) is 5.41 Å². The summed E-state index contributed by atoms with van der Waals surface area (Å²) in [5.41, 5.74) is 2.48. The van der Waals surface area contributed by atoms with Gasteiger partial charge in [0.1, 0.15) is 7.85 Å². The van der Waals surface area contributed by atoms with E-state index in [1.165, 1.54) is 5.56 Å². The fraction of sp³-hybridized carbons (Fsp3) is 0.455.